The number of likely N-dealkylation sites (N-methyl/N-ethyl adjacent to an activating group) is 1. The van der Waals surface area contributed by atoms with Crippen LogP contribution in [0.15, 0.2) is 11.4 Å². The lowest BCUT2D eigenvalue weighted by atomic mass is 10.1. The standard InChI is InChI=1S/C16H22N2OS/c1-17-14-4-5-15(17)10-18(7-6-14)11-16-9-13(12-20-16)3-2-8-19/h9,12,14-15,19H,4-8,10-11H2,1H3. The molecule has 1 N–H and O–H groups in total. The van der Waals surface area contributed by atoms with Gasteiger partial charge in [-0.25, -0.2) is 0 Å². The van der Waals surface area contributed by atoms with Crippen molar-refractivity contribution in [1.82, 2.24) is 9.80 Å². The van der Waals surface area contributed by atoms with Crippen LogP contribution in [0.2, 0.25) is 0 Å². The first-order valence-corrected chi connectivity index (χ1v) is 8.25. The highest BCUT2D eigenvalue weighted by Crippen LogP contribution is 2.29. The Balaban J connectivity index is 1.62. The van der Waals surface area contributed by atoms with E-state index >= 15 is 0 Å². The molecule has 3 rings (SSSR count). The first kappa shape index (κ1) is 14.1. The van der Waals surface area contributed by atoms with Gasteiger partial charge in [0.2, 0.25) is 0 Å². The molecule has 2 aliphatic rings. The van der Waals surface area contributed by atoms with Crippen LogP contribution in [-0.2, 0) is 6.54 Å². The molecule has 2 atom stereocenters. The van der Waals surface area contributed by atoms with Crippen molar-refractivity contribution in [2.45, 2.75) is 37.9 Å². The molecule has 2 unspecified atom stereocenters. The monoisotopic (exact) mass is 290 g/mol. The number of rotatable bonds is 2. The minimum atomic E-state index is -0.0628. The van der Waals surface area contributed by atoms with Crippen LogP contribution >= 0.6 is 11.3 Å². The molecule has 2 bridgehead atoms. The molecule has 1 aromatic rings. The summed E-state index contributed by atoms with van der Waals surface area (Å²) in [6.45, 7) is 3.39. The summed E-state index contributed by atoms with van der Waals surface area (Å²) in [5, 5.41) is 10.8. The highest BCUT2D eigenvalue weighted by molar-refractivity contribution is 7.10. The summed E-state index contributed by atoms with van der Waals surface area (Å²) in [6.07, 6.45) is 4.04. The van der Waals surface area contributed by atoms with E-state index in [0.29, 0.717) is 0 Å². The Bertz CT molecular complexity index is 516. The average Bonchev–Trinajstić information content (AvgIpc) is 2.96. The van der Waals surface area contributed by atoms with Gasteiger partial charge in [-0.3, -0.25) is 9.80 Å². The van der Waals surface area contributed by atoms with Crippen molar-refractivity contribution >= 4 is 11.3 Å². The summed E-state index contributed by atoms with van der Waals surface area (Å²) in [5.41, 5.74) is 1.03. The Labute approximate surface area is 125 Å². The number of hydrogen-bond donors (Lipinski definition) is 1. The first-order chi connectivity index (χ1) is 9.76. The van der Waals surface area contributed by atoms with Gasteiger partial charge in [-0.15, -0.1) is 11.3 Å². The number of fused-ring (bicyclic) bond motifs is 2. The maximum absolute atomic E-state index is 8.73. The molecular weight excluding hydrogens is 268 g/mol. The van der Waals surface area contributed by atoms with Gasteiger partial charge < -0.3 is 5.11 Å². The summed E-state index contributed by atoms with van der Waals surface area (Å²) in [4.78, 5) is 6.56. The van der Waals surface area contributed by atoms with Gasteiger partial charge >= 0.3 is 0 Å². The third kappa shape index (κ3) is 3.07. The lowest BCUT2D eigenvalue weighted by molar-refractivity contribution is 0.215. The van der Waals surface area contributed by atoms with E-state index in [4.69, 9.17) is 5.11 Å². The molecule has 2 fully saturated rings. The summed E-state index contributed by atoms with van der Waals surface area (Å²) in [7, 11) is 2.29. The number of likely N-dealkylation sites (tertiary alicyclic amines) is 1. The predicted molar refractivity (Wildman–Crippen MR) is 82.7 cm³/mol. The smallest absolute Gasteiger partial charge is 0.104 e. The Hall–Kier alpha value is -0.860. The molecule has 2 aliphatic heterocycles. The van der Waals surface area contributed by atoms with Crippen molar-refractivity contribution in [1.29, 1.82) is 0 Å². The van der Waals surface area contributed by atoms with E-state index in [2.05, 4.69) is 40.1 Å². The lowest BCUT2D eigenvalue weighted by Crippen LogP contribution is -2.36. The largest absolute Gasteiger partial charge is 0.384 e. The van der Waals surface area contributed by atoms with Crippen LogP contribution in [-0.4, -0.2) is 53.7 Å². The Morgan fingerprint density at radius 2 is 2.20 bits per heavy atom. The van der Waals surface area contributed by atoms with Gasteiger partial charge in [0, 0.05) is 47.5 Å². The van der Waals surface area contributed by atoms with E-state index in [9.17, 15) is 0 Å². The fourth-order valence-corrected chi connectivity index (χ4v) is 4.27. The summed E-state index contributed by atoms with van der Waals surface area (Å²) in [5.74, 6) is 5.69. The molecule has 0 radical (unpaired) electrons. The highest BCUT2D eigenvalue weighted by atomic mass is 32.1. The lowest BCUT2D eigenvalue weighted by Gasteiger charge is -2.25. The summed E-state index contributed by atoms with van der Waals surface area (Å²) < 4.78 is 0. The number of thiophene rings is 1. The quantitative estimate of drug-likeness (QED) is 0.841. The van der Waals surface area contributed by atoms with Gasteiger partial charge in [-0.1, -0.05) is 11.8 Å². The molecule has 0 aromatic carbocycles. The molecule has 0 aliphatic carbocycles. The molecule has 2 saturated heterocycles. The van der Waals surface area contributed by atoms with Crippen LogP contribution in [0.3, 0.4) is 0 Å². The minimum Gasteiger partial charge on any atom is -0.384 e. The van der Waals surface area contributed by atoms with Crippen LogP contribution in [0.4, 0.5) is 0 Å². The summed E-state index contributed by atoms with van der Waals surface area (Å²) in [6, 6.07) is 3.72. The van der Waals surface area contributed by atoms with Gasteiger partial charge in [-0.05, 0) is 32.4 Å². The van der Waals surface area contributed by atoms with Gasteiger partial charge in [0.05, 0.1) is 0 Å². The molecule has 108 valence electrons. The molecule has 3 heterocycles. The third-order valence-corrected chi connectivity index (χ3v) is 5.50. The van der Waals surface area contributed by atoms with E-state index in [1.54, 1.807) is 11.3 Å². The molecular formula is C16H22N2OS. The zero-order valence-electron chi connectivity index (χ0n) is 12.0. The summed E-state index contributed by atoms with van der Waals surface area (Å²) >= 11 is 1.78. The Morgan fingerprint density at radius 1 is 1.35 bits per heavy atom. The Kier molecular flexibility index (Phi) is 4.42. The van der Waals surface area contributed by atoms with Crippen molar-refractivity contribution in [3.63, 3.8) is 0 Å². The fraction of sp³-hybridized carbons (Fsp3) is 0.625. The first-order valence-electron chi connectivity index (χ1n) is 7.37. The van der Waals surface area contributed by atoms with Crippen LogP contribution < -0.4 is 0 Å². The van der Waals surface area contributed by atoms with Gasteiger partial charge in [0.15, 0.2) is 0 Å². The van der Waals surface area contributed by atoms with Crippen molar-refractivity contribution in [3.05, 3.63) is 21.9 Å². The van der Waals surface area contributed by atoms with Crippen molar-refractivity contribution < 1.29 is 5.11 Å². The topological polar surface area (TPSA) is 26.7 Å². The number of hydrogen-bond acceptors (Lipinski definition) is 4. The second kappa shape index (κ2) is 6.28. The zero-order chi connectivity index (χ0) is 13.9. The third-order valence-electron chi connectivity index (χ3n) is 4.58. The van der Waals surface area contributed by atoms with E-state index in [1.165, 1.54) is 37.2 Å². The molecule has 3 nitrogen and oxygen atoms in total. The van der Waals surface area contributed by atoms with Gasteiger partial charge in [0.1, 0.15) is 6.61 Å². The maximum Gasteiger partial charge on any atom is 0.104 e. The zero-order valence-corrected chi connectivity index (χ0v) is 12.8. The Morgan fingerprint density at radius 3 is 3.05 bits per heavy atom. The van der Waals surface area contributed by atoms with Crippen molar-refractivity contribution in [2.75, 3.05) is 26.7 Å². The molecule has 0 spiro atoms. The molecule has 0 saturated carbocycles. The minimum absolute atomic E-state index is 0.0628. The van der Waals surface area contributed by atoms with Crippen molar-refractivity contribution in [3.8, 4) is 11.8 Å². The maximum atomic E-state index is 8.73. The van der Waals surface area contributed by atoms with Gasteiger partial charge in [-0.2, -0.15) is 0 Å². The fourth-order valence-electron chi connectivity index (χ4n) is 3.41. The van der Waals surface area contributed by atoms with Crippen LogP contribution in [0.5, 0.6) is 0 Å². The SMILES string of the molecule is CN1C2CCC1CN(Cc1cc(C#CCO)cs1)CC2. The normalized spacial score (nSPS) is 27.1. The number of aliphatic hydroxyl groups excluding tert-OH is 1. The average molecular weight is 290 g/mol. The number of nitrogens with zero attached hydrogens (tertiary/aromatic N) is 2. The van der Waals surface area contributed by atoms with Crippen LogP contribution in [0, 0.1) is 11.8 Å². The van der Waals surface area contributed by atoms with Crippen LogP contribution in [0.1, 0.15) is 29.7 Å². The molecule has 20 heavy (non-hydrogen) atoms. The van der Waals surface area contributed by atoms with Crippen molar-refractivity contribution in [2.24, 2.45) is 0 Å². The number of aliphatic hydroxyl groups is 1. The van der Waals surface area contributed by atoms with Gasteiger partial charge in [0.25, 0.3) is 0 Å². The van der Waals surface area contributed by atoms with E-state index in [0.717, 1.165) is 24.2 Å². The second-order valence-electron chi connectivity index (χ2n) is 5.84. The molecule has 0 amide bonds. The molecule has 4 heteroatoms. The second-order valence-corrected chi connectivity index (χ2v) is 6.83. The van der Waals surface area contributed by atoms with Crippen LogP contribution in [0.25, 0.3) is 0 Å². The highest BCUT2D eigenvalue weighted by Gasteiger charge is 2.34. The van der Waals surface area contributed by atoms with E-state index in [1.807, 2.05) is 0 Å². The predicted octanol–water partition coefficient (Wildman–Crippen LogP) is 1.76. The molecule has 1 aromatic heterocycles. The van der Waals surface area contributed by atoms with E-state index in [-0.39, 0.29) is 6.61 Å². The van der Waals surface area contributed by atoms with E-state index < -0.39 is 0 Å².